The largest absolute Gasteiger partial charge is 0.497 e. The zero-order chi connectivity index (χ0) is 18.8. The Hall–Kier alpha value is -2.21. The van der Waals surface area contributed by atoms with Crippen LogP contribution in [-0.4, -0.2) is 14.2 Å². The normalized spacial score (nSPS) is 31.9. The first-order valence-corrected chi connectivity index (χ1v) is 10.2. The molecule has 142 valence electrons. The van der Waals surface area contributed by atoms with Crippen LogP contribution in [0.15, 0.2) is 42.2 Å². The summed E-state index contributed by atoms with van der Waals surface area (Å²) in [5, 5.41) is 9.61. The number of ether oxygens (including phenoxy) is 2. The predicted molar refractivity (Wildman–Crippen MR) is 106 cm³/mol. The van der Waals surface area contributed by atoms with Gasteiger partial charge in [-0.05, 0) is 78.3 Å². The van der Waals surface area contributed by atoms with Gasteiger partial charge in [-0.3, -0.25) is 0 Å². The Balaban J connectivity index is 1.76. The van der Waals surface area contributed by atoms with Gasteiger partial charge in [0.2, 0.25) is 0 Å². The maximum absolute atomic E-state index is 9.61. The lowest BCUT2D eigenvalue weighted by molar-refractivity contribution is 0.127. The lowest BCUT2D eigenvalue weighted by Gasteiger charge is -2.49. The first kappa shape index (κ1) is 18.2. The number of allylic oxidation sites excluding steroid dienone is 3. The van der Waals surface area contributed by atoms with Crippen molar-refractivity contribution < 1.29 is 9.47 Å². The van der Waals surface area contributed by atoms with Crippen molar-refractivity contribution in [2.75, 3.05) is 14.2 Å². The highest BCUT2D eigenvalue weighted by molar-refractivity contribution is 5.44. The lowest BCUT2D eigenvalue weighted by Crippen LogP contribution is -2.39. The van der Waals surface area contributed by atoms with E-state index in [0.29, 0.717) is 36.0 Å². The Morgan fingerprint density at radius 3 is 2.67 bits per heavy atom. The molecule has 27 heavy (non-hydrogen) atoms. The fraction of sp³-hybridized carbons (Fsp3) is 0.542. The molecule has 3 heteroatoms. The van der Waals surface area contributed by atoms with E-state index in [4.69, 9.17) is 9.47 Å². The molecule has 0 heterocycles. The van der Waals surface area contributed by atoms with Crippen molar-refractivity contribution in [2.24, 2.45) is 17.8 Å². The number of methoxy groups -OCH3 is 2. The molecule has 0 N–H and O–H groups in total. The minimum atomic E-state index is 0.308. The summed E-state index contributed by atoms with van der Waals surface area (Å²) in [7, 11) is 3.47. The zero-order valence-corrected chi connectivity index (χ0v) is 16.4. The van der Waals surface area contributed by atoms with Crippen molar-refractivity contribution in [1.29, 1.82) is 5.26 Å². The van der Waals surface area contributed by atoms with Crippen LogP contribution in [0.4, 0.5) is 0 Å². The van der Waals surface area contributed by atoms with Gasteiger partial charge in [0, 0.05) is 12.3 Å². The molecule has 1 aromatic rings. The second-order valence-corrected chi connectivity index (χ2v) is 8.17. The van der Waals surface area contributed by atoms with Crippen LogP contribution in [0.2, 0.25) is 0 Å². The van der Waals surface area contributed by atoms with Crippen LogP contribution in [0.1, 0.15) is 61.5 Å². The SMILES string of the molecule is COC1=CCC([C@H]2[C@H]3CCCC[C@H]3c3cc(OC)ccc3[C@@H]2CC#N)C=C1. The minimum absolute atomic E-state index is 0.308. The van der Waals surface area contributed by atoms with Crippen LogP contribution in [0.25, 0.3) is 0 Å². The van der Waals surface area contributed by atoms with E-state index >= 15 is 0 Å². The molecule has 3 aliphatic carbocycles. The maximum Gasteiger partial charge on any atom is 0.119 e. The van der Waals surface area contributed by atoms with Gasteiger partial charge in [-0.2, -0.15) is 5.26 Å². The topological polar surface area (TPSA) is 42.2 Å². The smallest absolute Gasteiger partial charge is 0.119 e. The standard InChI is InChI=1S/C24H29NO2/c1-26-17-9-7-16(8-10-17)24-21-6-4-3-5-19(21)23-15-18(27-2)11-12-20(23)22(24)13-14-25/h7,9-12,15-16,19,21-22,24H,3-6,8,13H2,1-2H3/t16?,19-,21+,22+,24+/m1/s1. The Bertz CT molecular complexity index is 788. The van der Waals surface area contributed by atoms with Crippen LogP contribution in [-0.2, 0) is 4.74 Å². The van der Waals surface area contributed by atoms with Crippen LogP contribution >= 0.6 is 0 Å². The summed E-state index contributed by atoms with van der Waals surface area (Å²) >= 11 is 0. The van der Waals surface area contributed by atoms with E-state index < -0.39 is 0 Å². The van der Waals surface area contributed by atoms with Crippen molar-refractivity contribution in [3.63, 3.8) is 0 Å². The molecule has 0 bridgehead atoms. The highest BCUT2D eigenvalue weighted by Gasteiger charge is 2.46. The van der Waals surface area contributed by atoms with Crippen molar-refractivity contribution in [2.45, 2.75) is 50.4 Å². The zero-order valence-electron chi connectivity index (χ0n) is 16.4. The third-order valence-corrected chi connectivity index (χ3v) is 7.01. The number of rotatable bonds is 4. The number of fused-ring (bicyclic) bond motifs is 3. The fourth-order valence-corrected chi connectivity index (χ4v) is 5.87. The quantitative estimate of drug-likeness (QED) is 0.689. The van der Waals surface area contributed by atoms with Crippen LogP contribution in [0.5, 0.6) is 5.75 Å². The molecule has 0 aliphatic heterocycles. The fourth-order valence-electron chi connectivity index (χ4n) is 5.87. The molecule has 0 saturated heterocycles. The molecular weight excluding hydrogens is 334 g/mol. The molecule has 1 fully saturated rings. The highest BCUT2D eigenvalue weighted by Crippen LogP contribution is 2.57. The Morgan fingerprint density at radius 2 is 1.96 bits per heavy atom. The number of nitriles is 1. The molecule has 1 saturated carbocycles. The van der Waals surface area contributed by atoms with E-state index in [1.165, 1.54) is 36.8 Å². The van der Waals surface area contributed by atoms with E-state index in [2.05, 4.69) is 42.5 Å². The summed E-state index contributed by atoms with van der Waals surface area (Å²) in [6.45, 7) is 0. The van der Waals surface area contributed by atoms with Gasteiger partial charge in [-0.1, -0.05) is 25.0 Å². The van der Waals surface area contributed by atoms with Gasteiger partial charge in [-0.25, -0.2) is 0 Å². The van der Waals surface area contributed by atoms with Gasteiger partial charge in [-0.15, -0.1) is 0 Å². The number of nitrogens with zero attached hydrogens (tertiary/aromatic N) is 1. The minimum Gasteiger partial charge on any atom is -0.497 e. The first-order chi connectivity index (χ1) is 13.3. The lowest BCUT2D eigenvalue weighted by atomic mass is 9.55. The molecule has 0 amide bonds. The summed E-state index contributed by atoms with van der Waals surface area (Å²) in [4.78, 5) is 0. The second-order valence-electron chi connectivity index (χ2n) is 8.17. The summed E-state index contributed by atoms with van der Waals surface area (Å²) in [6, 6.07) is 9.05. The molecule has 5 atom stereocenters. The Morgan fingerprint density at radius 1 is 1.11 bits per heavy atom. The van der Waals surface area contributed by atoms with E-state index in [9.17, 15) is 5.26 Å². The summed E-state index contributed by atoms with van der Waals surface area (Å²) in [5.74, 6) is 4.49. The van der Waals surface area contributed by atoms with E-state index in [0.717, 1.165) is 17.9 Å². The maximum atomic E-state index is 9.61. The number of hydrogen-bond donors (Lipinski definition) is 0. The van der Waals surface area contributed by atoms with Crippen molar-refractivity contribution in [1.82, 2.24) is 0 Å². The molecule has 4 rings (SSSR count). The van der Waals surface area contributed by atoms with Crippen molar-refractivity contribution in [3.05, 3.63) is 53.3 Å². The molecular formula is C24H29NO2. The molecule has 0 radical (unpaired) electrons. The Kier molecular flexibility index (Phi) is 5.25. The van der Waals surface area contributed by atoms with E-state index in [-0.39, 0.29) is 0 Å². The molecule has 0 spiro atoms. The van der Waals surface area contributed by atoms with Gasteiger partial charge in [0.25, 0.3) is 0 Å². The summed E-state index contributed by atoms with van der Waals surface area (Å²) in [6.07, 6.45) is 13.4. The molecule has 0 aromatic heterocycles. The first-order valence-electron chi connectivity index (χ1n) is 10.2. The van der Waals surface area contributed by atoms with Crippen molar-refractivity contribution >= 4 is 0 Å². The Labute approximate surface area is 162 Å². The number of hydrogen-bond acceptors (Lipinski definition) is 3. The van der Waals surface area contributed by atoms with Gasteiger partial charge < -0.3 is 9.47 Å². The van der Waals surface area contributed by atoms with Gasteiger partial charge in [0.1, 0.15) is 11.5 Å². The van der Waals surface area contributed by atoms with Crippen LogP contribution in [0, 0.1) is 29.1 Å². The predicted octanol–water partition coefficient (Wildman–Crippen LogP) is 5.70. The highest BCUT2D eigenvalue weighted by atomic mass is 16.5. The third kappa shape index (κ3) is 3.27. The van der Waals surface area contributed by atoms with Crippen LogP contribution < -0.4 is 4.74 Å². The van der Waals surface area contributed by atoms with Gasteiger partial charge in [0.05, 0.1) is 20.3 Å². The molecule has 3 nitrogen and oxygen atoms in total. The van der Waals surface area contributed by atoms with Crippen LogP contribution in [0.3, 0.4) is 0 Å². The average Bonchev–Trinajstić information content (AvgIpc) is 2.74. The number of benzene rings is 1. The van der Waals surface area contributed by atoms with Crippen molar-refractivity contribution in [3.8, 4) is 11.8 Å². The van der Waals surface area contributed by atoms with Gasteiger partial charge in [0.15, 0.2) is 0 Å². The van der Waals surface area contributed by atoms with Gasteiger partial charge >= 0.3 is 0 Å². The summed E-state index contributed by atoms with van der Waals surface area (Å²) in [5.41, 5.74) is 2.84. The summed E-state index contributed by atoms with van der Waals surface area (Å²) < 4.78 is 10.9. The third-order valence-electron chi connectivity index (χ3n) is 7.01. The molecule has 3 aliphatic rings. The average molecular weight is 364 g/mol. The molecule has 1 unspecified atom stereocenters. The monoisotopic (exact) mass is 363 g/mol. The second kappa shape index (κ2) is 7.80. The van der Waals surface area contributed by atoms with E-state index in [1.54, 1.807) is 14.2 Å². The molecule has 1 aromatic carbocycles. The van der Waals surface area contributed by atoms with E-state index in [1.807, 2.05) is 0 Å².